The van der Waals surface area contributed by atoms with E-state index in [1.54, 1.807) is 7.11 Å². The molecule has 1 aliphatic heterocycles. The molecule has 2 rings (SSSR count). The highest BCUT2D eigenvalue weighted by Gasteiger charge is 2.37. The van der Waals surface area contributed by atoms with Crippen molar-refractivity contribution in [2.45, 2.75) is 31.6 Å². The lowest BCUT2D eigenvalue weighted by molar-refractivity contribution is -0.128. The van der Waals surface area contributed by atoms with Crippen molar-refractivity contribution in [3.05, 3.63) is 29.8 Å². The summed E-state index contributed by atoms with van der Waals surface area (Å²) in [5.41, 5.74) is 1.13. The number of hydrogen-bond acceptors (Lipinski definition) is 3. The second-order valence-electron chi connectivity index (χ2n) is 5.68. The molecule has 0 saturated carbocycles. The monoisotopic (exact) mass is 279 g/mol. The summed E-state index contributed by atoms with van der Waals surface area (Å²) in [6, 6.07) is 7.86. The first kappa shape index (κ1) is 14.3. The number of hydrogen-bond donors (Lipinski definition) is 1. The minimum Gasteiger partial charge on any atom is -0.497 e. The van der Waals surface area contributed by atoms with Gasteiger partial charge in [-0.15, -0.1) is 0 Å². The summed E-state index contributed by atoms with van der Waals surface area (Å²) in [5.74, 6) is 1.38. The van der Waals surface area contributed by atoms with Gasteiger partial charge < -0.3 is 9.64 Å². The van der Waals surface area contributed by atoms with Crippen molar-refractivity contribution < 1.29 is 9.53 Å². The van der Waals surface area contributed by atoms with Gasteiger partial charge in [0.2, 0.25) is 5.91 Å². The van der Waals surface area contributed by atoms with Gasteiger partial charge in [0, 0.05) is 24.3 Å². The molecule has 0 aromatic heterocycles. The zero-order chi connectivity index (χ0) is 14.0. The summed E-state index contributed by atoms with van der Waals surface area (Å²) >= 11 is 4.59. The summed E-state index contributed by atoms with van der Waals surface area (Å²) < 4.78 is 5.02. The standard InChI is InChI=1S/C15H21NO2S/c1-15(2,19)12-8-14(17)16(10-12)9-11-4-6-13(18-3)7-5-11/h4-7,12,19H,8-10H2,1-3H3. The molecular formula is C15H21NO2S. The molecule has 1 unspecified atom stereocenters. The van der Waals surface area contributed by atoms with E-state index >= 15 is 0 Å². The molecule has 1 atom stereocenters. The van der Waals surface area contributed by atoms with Crippen molar-refractivity contribution >= 4 is 18.5 Å². The molecule has 104 valence electrons. The fraction of sp³-hybridized carbons (Fsp3) is 0.533. The second-order valence-corrected chi connectivity index (χ2v) is 6.83. The van der Waals surface area contributed by atoms with Gasteiger partial charge in [-0.3, -0.25) is 4.79 Å². The highest BCUT2D eigenvalue weighted by molar-refractivity contribution is 7.81. The van der Waals surface area contributed by atoms with Crippen LogP contribution in [0, 0.1) is 5.92 Å². The second kappa shape index (κ2) is 5.45. The number of nitrogens with zero attached hydrogens (tertiary/aromatic N) is 1. The maximum Gasteiger partial charge on any atom is 0.223 e. The Balaban J connectivity index is 2.01. The molecule has 4 heteroatoms. The van der Waals surface area contributed by atoms with Gasteiger partial charge in [-0.1, -0.05) is 26.0 Å². The van der Waals surface area contributed by atoms with Gasteiger partial charge in [0.05, 0.1) is 7.11 Å². The third-order valence-corrected chi connectivity index (χ3v) is 4.11. The largest absolute Gasteiger partial charge is 0.497 e. The van der Waals surface area contributed by atoms with Gasteiger partial charge in [-0.25, -0.2) is 0 Å². The van der Waals surface area contributed by atoms with Gasteiger partial charge in [0.1, 0.15) is 5.75 Å². The van der Waals surface area contributed by atoms with Crippen molar-refractivity contribution in [1.82, 2.24) is 4.90 Å². The molecule has 0 bridgehead atoms. The summed E-state index contributed by atoms with van der Waals surface area (Å²) in [5, 5.41) is 0. The Bertz CT molecular complexity index is 450. The fourth-order valence-electron chi connectivity index (χ4n) is 2.35. The highest BCUT2D eigenvalue weighted by atomic mass is 32.1. The molecule has 1 aliphatic rings. The Hall–Kier alpha value is -1.16. The van der Waals surface area contributed by atoms with Gasteiger partial charge in [0.15, 0.2) is 0 Å². The number of amides is 1. The Morgan fingerprint density at radius 3 is 2.47 bits per heavy atom. The SMILES string of the molecule is COc1ccc(CN2CC(C(C)(C)S)CC2=O)cc1. The van der Waals surface area contributed by atoms with Crippen LogP contribution in [0.2, 0.25) is 0 Å². The lowest BCUT2D eigenvalue weighted by atomic mass is 9.94. The van der Waals surface area contributed by atoms with Crippen LogP contribution in [0.15, 0.2) is 24.3 Å². The van der Waals surface area contributed by atoms with Crippen molar-refractivity contribution in [3.63, 3.8) is 0 Å². The van der Waals surface area contributed by atoms with Crippen LogP contribution in [-0.2, 0) is 11.3 Å². The summed E-state index contributed by atoms with van der Waals surface area (Å²) in [7, 11) is 1.65. The minimum atomic E-state index is -0.107. The van der Waals surface area contributed by atoms with E-state index in [1.807, 2.05) is 29.2 Å². The molecule has 0 spiro atoms. The number of ether oxygens (including phenoxy) is 1. The van der Waals surface area contributed by atoms with Gasteiger partial charge >= 0.3 is 0 Å². The van der Waals surface area contributed by atoms with Crippen LogP contribution in [0.25, 0.3) is 0 Å². The van der Waals surface area contributed by atoms with Gasteiger partial charge in [-0.05, 0) is 23.6 Å². The van der Waals surface area contributed by atoms with E-state index in [4.69, 9.17) is 4.74 Å². The summed E-state index contributed by atoms with van der Waals surface area (Å²) in [4.78, 5) is 13.9. The molecule has 0 aliphatic carbocycles. The fourth-order valence-corrected chi connectivity index (χ4v) is 2.52. The van der Waals surface area contributed by atoms with Crippen LogP contribution >= 0.6 is 12.6 Å². The zero-order valence-corrected chi connectivity index (χ0v) is 12.6. The molecule has 19 heavy (non-hydrogen) atoms. The van der Waals surface area contributed by atoms with Crippen molar-refractivity contribution in [3.8, 4) is 5.75 Å². The minimum absolute atomic E-state index is 0.107. The number of thiol groups is 1. The zero-order valence-electron chi connectivity index (χ0n) is 11.7. The molecule has 1 heterocycles. The average molecular weight is 279 g/mol. The molecule has 1 aromatic carbocycles. The number of rotatable bonds is 4. The van der Waals surface area contributed by atoms with E-state index in [9.17, 15) is 4.79 Å². The van der Waals surface area contributed by atoms with Crippen molar-refractivity contribution in [1.29, 1.82) is 0 Å². The van der Waals surface area contributed by atoms with E-state index < -0.39 is 0 Å². The molecular weight excluding hydrogens is 258 g/mol. The van der Waals surface area contributed by atoms with Gasteiger partial charge in [-0.2, -0.15) is 12.6 Å². The van der Waals surface area contributed by atoms with E-state index in [0.717, 1.165) is 17.9 Å². The van der Waals surface area contributed by atoms with E-state index in [1.165, 1.54) is 0 Å². The predicted molar refractivity (Wildman–Crippen MR) is 79.6 cm³/mol. The normalized spacial score (nSPS) is 19.9. The van der Waals surface area contributed by atoms with Crippen LogP contribution in [0.1, 0.15) is 25.8 Å². The van der Waals surface area contributed by atoms with Crippen LogP contribution in [0.5, 0.6) is 5.75 Å². The first-order chi connectivity index (χ1) is 8.90. The first-order valence-electron chi connectivity index (χ1n) is 6.53. The molecule has 1 saturated heterocycles. The third kappa shape index (κ3) is 3.44. The van der Waals surface area contributed by atoms with Crippen LogP contribution in [-0.4, -0.2) is 29.2 Å². The third-order valence-electron chi connectivity index (χ3n) is 3.75. The van der Waals surface area contributed by atoms with Crippen LogP contribution in [0.3, 0.4) is 0 Å². The Labute approximate surface area is 120 Å². The number of benzene rings is 1. The quantitative estimate of drug-likeness (QED) is 0.859. The number of carbonyl (C=O) groups is 1. The Morgan fingerprint density at radius 2 is 2.00 bits per heavy atom. The van der Waals surface area contributed by atoms with Crippen LogP contribution in [0.4, 0.5) is 0 Å². The Kier molecular flexibility index (Phi) is 4.09. The van der Waals surface area contributed by atoms with Gasteiger partial charge in [0.25, 0.3) is 0 Å². The van der Waals surface area contributed by atoms with Crippen molar-refractivity contribution in [2.75, 3.05) is 13.7 Å². The molecule has 3 nitrogen and oxygen atoms in total. The number of likely N-dealkylation sites (tertiary alicyclic amines) is 1. The van der Waals surface area contributed by atoms with E-state index in [0.29, 0.717) is 18.9 Å². The predicted octanol–water partition coefficient (Wildman–Crippen LogP) is 2.75. The topological polar surface area (TPSA) is 29.5 Å². The smallest absolute Gasteiger partial charge is 0.223 e. The Morgan fingerprint density at radius 1 is 1.37 bits per heavy atom. The molecule has 1 aromatic rings. The maximum atomic E-state index is 12.0. The average Bonchev–Trinajstić information content (AvgIpc) is 2.72. The summed E-state index contributed by atoms with van der Waals surface area (Å²) in [6.45, 7) is 5.61. The number of carbonyl (C=O) groups excluding carboxylic acids is 1. The van der Waals surface area contributed by atoms with Crippen molar-refractivity contribution in [2.24, 2.45) is 5.92 Å². The highest BCUT2D eigenvalue weighted by Crippen LogP contribution is 2.33. The molecule has 1 amide bonds. The lowest BCUT2D eigenvalue weighted by Gasteiger charge is -2.25. The lowest BCUT2D eigenvalue weighted by Crippen LogP contribution is -2.29. The summed E-state index contributed by atoms with van der Waals surface area (Å²) in [6.07, 6.45) is 0.604. The van der Waals surface area contributed by atoms with E-state index in [-0.39, 0.29) is 10.7 Å². The number of methoxy groups -OCH3 is 1. The van der Waals surface area contributed by atoms with Crippen LogP contribution < -0.4 is 4.74 Å². The molecule has 0 radical (unpaired) electrons. The molecule has 0 N–H and O–H groups in total. The molecule has 1 fully saturated rings. The maximum absolute atomic E-state index is 12.0. The first-order valence-corrected chi connectivity index (χ1v) is 6.98. The van der Waals surface area contributed by atoms with E-state index in [2.05, 4.69) is 26.5 Å².